The van der Waals surface area contributed by atoms with E-state index in [2.05, 4.69) is 0 Å². The summed E-state index contributed by atoms with van der Waals surface area (Å²) < 4.78 is 34.3. The van der Waals surface area contributed by atoms with Crippen LogP contribution in [-0.4, -0.2) is 81.1 Å². The Balaban J connectivity index is 1.49. The molecule has 49 heavy (non-hydrogen) atoms. The standard InChI is InChI=1S/C33H30O16/c1-44-21-10-15(2-4-18(21)35)31-24(14-45-27(41)8-6-25(37)38)46-20-5-3-16(11-22(20)47-31)32-33(49-28(42)9-7-26(39)40)30(43)29-19(36)12-17(34)13-23(29)48-32/h2-5,10-13,24,31-36H,6-9,14H2,1H3,(H,37,38)(H,39,40)/t24?,31-,32-,33?/m1/s1. The first kappa shape index (κ1) is 34.2. The third-order valence-electron chi connectivity index (χ3n) is 7.55. The largest absolute Gasteiger partial charge is 0.508 e. The van der Waals surface area contributed by atoms with Gasteiger partial charge in [0.1, 0.15) is 29.4 Å². The zero-order valence-electron chi connectivity index (χ0n) is 25.7. The fourth-order valence-electron chi connectivity index (χ4n) is 5.23. The summed E-state index contributed by atoms with van der Waals surface area (Å²) in [5.41, 5.74) is 0.275. The molecule has 5 rings (SSSR count). The summed E-state index contributed by atoms with van der Waals surface area (Å²) in [6.07, 6.45) is -6.97. The average Bonchev–Trinajstić information content (AvgIpc) is 3.05. The topological polar surface area (TPSA) is 242 Å². The number of aliphatic carboxylic acids is 2. The number of Topliss-reactive ketones (excluding diaryl/α,β-unsaturated/α-hetero) is 1. The van der Waals surface area contributed by atoms with Gasteiger partial charge >= 0.3 is 23.9 Å². The molecule has 258 valence electrons. The van der Waals surface area contributed by atoms with Gasteiger partial charge in [-0.1, -0.05) is 12.1 Å². The number of ketones is 1. The highest BCUT2D eigenvalue weighted by Gasteiger charge is 2.44. The first-order valence-electron chi connectivity index (χ1n) is 14.7. The lowest BCUT2D eigenvalue weighted by atomic mass is 9.92. The first-order valence-corrected chi connectivity index (χ1v) is 14.7. The number of benzene rings is 3. The maximum atomic E-state index is 13.6. The van der Waals surface area contributed by atoms with Crippen LogP contribution in [0.25, 0.3) is 0 Å². The van der Waals surface area contributed by atoms with E-state index in [9.17, 15) is 39.3 Å². The van der Waals surface area contributed by atoms with E-state index in [1.54, 1.807) is 0 Å². The molecule has 0 aromatic heterocycles. The van der Waals surface area contributed by atoms with Gasteiger partial charge in [0.15, 0.2) is 41.3 Å². The van der Waals surface area contributed by atoms with E-state index in [0.717, 1.165) is 12.1 Å². The molecule has 5 N–H and O–H groups in total. The lowest BCUT2D eigenvalue weighted by Gasteiger charge is -2.36. The number of carboxylic acid groups (broad SMARTS) is 2. The van der Waals surface area contributed by atoms with Crippen molar-refractivity contribution in [3.05, 3.63) is 65.2 Å². The Morgan fingerprint density at radius 1 is 0.714 bits per heavy atom. The molecule has 16 heteroatoms. The van der Waals surface area contributed by atoms with Gasteiger partial charge in [-0.25, -0.2) is 0 Å². The number of rotatable bonds is 12. The first-order chi connectivity index (χ1) is 23.3. The Morgan fingerprint density at radius 2 is 1.37 bits per heavy atom. The fourth-order valence-corrected chi connectivity index (χ4v) is 5.23. The molecule has 2 unspecified atom stereocenters. The van der Waals surface area contributed by atoms with Gasteiger partial charge in [-0.3, -0.25) is 24.0 Å². The van der Waals surface area contributed by atoms with Crippen LogP contribution >= 0.6 is 0 Å². The zero-order chi connectivity index (χ0) is 35.4. The van der Waals surface area contributed by atoms with E-state index in [1.807, 2.05) is 0 Å². The van der Waals surface area contributed by atoms with Gasteiger partial charge in [0.25, 0.3) is 0 Å². The number of methoxy groups -OCH3 is 1. The zero-order valence-corrected chi connectivity index (χ0v) is 25.7. The number of carbonyl (C=O) groups excluding carboxylic acids is 3. The molecule has 0 spiro atoms. The summed E-state index contributed by atoms with van der Waals surface area (Å²) in [5, 5.41) is 48.4. The Morgan fingerprint density at radius 3 is 2.06 bits per heavy atom. The van der Waals surface area contributed by atoms with Crippen LogP contribution in [0.1, 0.15) is 59.4 Å². The van der Waals surface area contributed by atoms with E-state index in [1.165, 1.54) is 43.5 Å². The van der Waals surface area contributed by atoms with Crippen LogP contribution in [0.4, 0.5) is 0 Å². The molecule has 2 heterocycles. The Hall–Kier alpha value is -6.19. The van der Waals surface area contributed by atoms with E-state index in [0.29, 0.717) is 5.56 Å². The van der Waals surface area contributed by atoms with Crippen molar-refractivity contribution in [1.82, 2.24) is 0 Å². The molecule has 2 aliphatic rings. The van der Waals surface area contributed by atoms with Crippen molar-refractivity contribution in [3.63, 3.8) is 0 Å². The highest BCUT2D eigenvalue weighted by molar-refractivity contribution is 6.06. The summed E-state index contributed by atoms with van der Waals surface area (Å²) >= 11 is 0. The Bertz CT molecular complexity index is 1800. The van der Waals surface area contributed by atoms with Crippen LogP contribution in [0.15, 0.2) is 48.5 Å². The normalized spacial score (nSPS) is 19.2. The van der Waals surface area contributed by atoms with Crippen molar-refractivity contribution in [2.24, 2.45) is 0 Å². The molecule has 0 fully saturated rings. The minimum absolute atomic E-state index is 0.0968. The van der Waals surface area contributed by atoms with Crippen LogP contribution in [0.2, 0.25) is 0 Å². The molecule has 4 atom stereocenters. The summed E-state index contributed by atoms with van der Waals surface area (Å²) in [6, 6.07) is 10.7. The third kappa shape index (κ3) is 7.69. The number of carbonyl (C=O) groups is 5. The molecule has 16 nitrogen and oxygen atoms in total. The minimum Gasteiger partial charge on any atom is -0.508 e. The van der Waals surface area contributed by atoms with E-state index < -0.39 is 84.8 Å². The molecule has 0 bridgehead atoms. The molecular weight excluding hydrogens is 652 g/mol. The molecule has 0 amide bonds. The number of hydrogen-bond donors (Lipinski definition) is 5. The fraction of sp³-hybridized carbons (Fsp3) is 0.303. The summed E-state index contributed by atoms with van der Waals surface area (Å²) in [7, 11) is 1.34. The van der Waals surface area contributed by atoms with Crippen molar-refractivity contribution in [2.45, 2.75) is 50.1 Å². The van der Waals surface area contributed by atoms with E-state index in [4.69, 9.17) is 38.6 Å². The predicted octanol–water partition coefficient (Wildman–Crippen LogP) is 3.19. The number of aromatic hydroxyl groups is 3. The number of fused-ring (bicyclic) bond motifs is 2. The SMILES string of the molecule is COc1cc([C@H]2Oc3cc([C@H]4Oc5cc(O)cc(O)c5C(=O)C4OC(=O)CCC(=O)O)ccc3OC2COC(=O)CCC(=O)O)ccc1O. The van der Waals surface area contributed by atoms with Crippen LogP contribution in [0.5, 0.6) is 40.2 Å². The molecule has 3 aromatic carbocycles. The molecule has 0 radical (unpaired) electrons. The number of hydrogen-bond acceptors (Lipinski definition) is 14. The van der Waals surface area contributed by atoms with Gasteiger partial charge in [-0.05, 0) is 24.3 Å². The molecule has 2 aliphatic heterocycles. The average molecular weight is 683 g/mol. The maximum Gasteiger partial charge on any atom is 0.307 e. The van der Waals surface area contributed by atoms with E-state index >= 15 is 0 Å². The van der Waals surface area contributed by atoms with Crippen molar-refractivity contribution >= 4 is 29.7 Å². The van der Waals surface area contributed by atoms with Gasteiger partial charge in [0, 0.05) is 23.3 Å². The molecule has 3 aromatic rings. The molecule has 0 saturated carbocycles. The highest BCUT2D eigenvalue weighted by Crippen LogP contribution is 2.46. The predicted molar refractivity (Wildman–Crippen MR) is 161 cm³/mol. The van der Waals surface area contributed by atoms with Gasteiger partial charge in [0.05, 0.1) is 32.8 Å². The quantitative estimate of drug-likeness (QED) is 0.172. The van der Waals surface area contributed by atoms with Crippen LogP contribution in [0, 0.1) is 0 Å². The van der Waals surface area contributed by atoms with Crippen molar-refractivity contribution < 1.29 is 77.9 Å². The number of ether oxygens (including phenoxy) is 6. The Kier molecular flexibility index (Phi) is 9.96. The van der Waals surface area contributed by atoms with Gasteiger partial charge in [0.2, 0.25) is 11.9 Å². The minimum atomic E-state index is -1.69. The maximum absolute atomic E-state index is 13.6. The smallest absolute Gasteiger partial charge is 0.307 e. The van der Waals surface area contributed by atoms with Crippen LogP contribution in [-0.2, 0) is 28.7 Å². The third-order valence-corrected chi connectivity index (χ3v) is 7.55. The second kappa shape index (κ2) is 14.3. The number of phenolic OH excluding ortho intramolecular Hbond substituents is 3. The Labute approximate surface area is 276 Å². The summed E-state index contributed by atoms with van der Waals surface area (Å²) in [4.78, 5) is 60.3. The lowest BCUT2D eigenvalue weighted by molar-refractivity contribution is -0.154. The number of phenols is 3. The molecular formula is C33H30O16. The van der Waals surface area contributed by atoms with Crippen molar-refractivity contribution in [1.29, 1.82) is 0 Å². The van der Waals surface area contributed by atoms with Crippen LogP contribution < -0.4 is 18.9 Å². The molecule has 0 aliphatic carbocycles. The second-order valence-corrected chi connectivity index (χ2v) is 11.0. The van der Waals surface area contributed by atoms with Gasteiger partial charge in [-0.2, -0.15) is 0 Å². The second-order valence-electron chi connectivity index (χ2n) is 11.0. The molecule has 0 saturated heterocycles. The highest BCUT2D eigenvalue weighted by atomic mass is 16.6. The van der Waals surface area contributed by atoms with Gasteiger partial charge < -0.3 is 54.0 Å². The van der Waals surface area contributed by atoms with Crippen molar-refractivity contribution in [3.8, 4) is 40.2 Å². The lowest BCUT2D eigenvalue weighted by Crippen LogP contribution is -2.40. The van der Waals surface area contributed by atoms with Crippen molar-refractivity contribution in [2.75, 3.05) is 13.7 Å². The summed E-state index contributed by atoms with van der Waals surface area (Å²) in [5.74, 6) is -6.18. The monoisotopic (exact) mass is 682 g/mol. The van der Waals surface area contributed by atoms with E-state index in [-0.39, 0.29) is 52.9 Å². The van der Waals surface area contributed by atoms with Crippen LogP contribution in [0.3, 0.4) is 0 Å². The number of carboxylic acids is 2. The number of esters is 2. The van der Waals surface area contributed by atoms with Gasteiger partial charge in [-0.15, -0.1) is 0 Å². The summed E-state index contributed by atoms with van der Waals surface area (Å²) in [6.45, 7) is -0.355.